The summed E-state index contributed by atoms with van der Waals surface area (Å²) in [5.74, 6) is -0.256. The lowest BCUT2D eigenvalue weighted by molar-refractivity contribution is 0.192. The third kappa shape index (κ3) is 3.27. The molecule has 0 radical (unpaired) electrons. The molecule has 0 bridgehead atoms. The highest BCUT2D eigenvalue weighted by Gasteiger charge is 2.29. The number of carbonyl (C=O) groups is 1. The molecule has 0 saturated carbocycles. The molecule has 3 nitrogen and oxygen atoms in total. The summed E-state index contributed by atoms with van der Waals surface area (Å²) in [7, 11) is 0. The highest BCUT2D eigenvalue weighted by Crippen LogP contribution is 2.32. The van der Waals surface area contributed by atoms with E-state index in [4.69, 9.17) is 0 Å². The minimum atomic E-state index is -0.256. The van der Waals surface area contributed by atoms with Crippen LogP contribution in [0.25, 0.3) is 0 Å². The number of carbonyl (C=O) groups excluding carboxylic acids is 1. The van der Waals surface area contributed by atoms with Gasteiger partial charge in [0.25, 0.3) is 0 Å². The van der Waals surface area contributed by atoms with E-state index in [0.29, 0.717) is 13.1 Å². The Morgan fingerprint density at radius 2 is 2.00 bits per heavy atom. The molecule has 114 valence electrons. The van der Waals surface area contributed by atoms with E-state index < -0.39 is 0 Å². The van der Waals surface area contributed by atoms with Crippen molar-refractivity contribution in [2.75, 3.05) is 6.54 Å². The van der Waals surface area contributed by atoms with Crippen LogP contribution >= 0.6 is 0 Å². The summed E-state index contributed by atoms with van der Waals surface area (Å²) >= 11 is 0. The van der Waals surface area contributed by atoms with E-state index in [2.05, 4.69) is 5.32 Å². The van der Waals surface area contributed by atoms with Crippen LogP contribution in [0.4, 0.5) is 9.18 Å². The fourth-order valence-corrected chi connectivity index (χ4v) is 2.95. The molecule has 22 heavy (non-hydrogen) atoms. The van der Waals surface area contributed by atoms with Gasteiger partial charge in [-0.15, -0.1) is 0 Å². The van der Waals surface area contributed by atoms with Crippen LogP contribution in [0, 0.1) is 5.82 Å². The van der Waals surface area contributed by atoms with Gasteiger partial charge in [-0.3, -0.25) is 0 Å². The summed E-state index contributed by atoms with van der Waals surface area (Å²) in [6.45, 7) is 1.22. The minimum absolute atomic E-state index is 0.0357. The van der Waals surface area contributed by atoms with Crippen LogP contribution in [-0.4, -0.2) is 17.5 Å². The van der Waals surface area contributed by atoms with E-state index >= 15 is 0 Å². The zero-order valence-electron chi connectivity index (χ0n) is 12.3. The summed E-state index contributed by atoms with van der Waals surface area (Å²) in [5.41, 5.74) is 1.93. The summed E-state index contributed by atoms with van der Waals surface area (Å²) in [4.78, 5) is 14.2. The monoisotopic (exact) mass is 298 g/mol. The molecule has 4 heteroatoms. The molecule has 1 fully saturated rings. The molecule has 1 atom stereocenters. The second-order valence-corrected chi connectivity index (χ2v) is 5.55. The molecule has 1 heterocycles. The molecule has 0 spiro atoms. The lowest BCUT2D eigenvalue weighted by Gasteiger charge is -2.25. The largest absolute Gasteiger partial charge is 0.334 e. The number of hydrogen-bond donors (Lipinski definition) is 1. The van der Waals surface area contributed by atoms with E-state index in [0.717, 1.165) is 24.0 Å². The Morgan fingerprint density at radius 3 is 2.77 bits per heavy atom. The number of benzene rings is 2. The van der Waals surface area contributed by atoms with Crippen molar-refractivity contribution in [2.45, 2.75) is 25.4 Å². The van der Waals surface area contributed by atoms with Gasteiger partial charge in [-0.1, -0.05) is 42.5 Å². The molecule has 2 aromatic carbocycles. The second-order valence-electron chi connectivity index (χ2n) is 5.55. The van der Waals surface area contributed by atoms with Crippen molar-refractivity contribution < 1.29 is 9.18 Å². The van der Waals surface area contributed by atoms with Crippen LogP contribution in [-0.2, 0) is 6.54 Å². The van der Waals surface area contributed by atoms with Crippen molar-refractivity contribution in [3.63, 3.8) is 0 Å². The summed E-state index contributed by atoms with van der Waals surface area (Å²) < 4.78 is 13.4. The molecule has 0 unspecified atom stereocenters. The Hall–Kier alpha value is -2.36. The van der Waals surface area contributed by atoms with Crippen LogP contribution in [0.5, 0.6) is 0 Å². The van der Waals surface area contributed by atoms with Gasteiger partial charge in [0.1, 0.15) is 5.82 Å². The van der Waals surface area contributed by atoms with Gasteiger partial charge in [-0.2, -0.15) is 0 Å². The van der Waals surface area contributed by atoms with E-state index in [1.54, 1.807) is 11.0 Å². The summed E-state index contributed by atoms with van der Waals surface area (Å²) in [5, 5.41) is 2.95. The third-order valence-corrected chi connectivity index (χ3v) is 4.03. The Kier molecular flexibility index (Phi) is 4.37. The molecule has 0 aromatic heterocycles. The molecular formula is C18H19FN2O. The molecule has 1 aliphatic rings. The van der Waals surface area contributed by atoms with Gasteiger partial charge in [-0.25, -0.2) is 9.18 Å². The SMILES string of the molecule is O=C(NCc1ccccc1)N1CCC[C@H]1c1cccc(F)c1. The maximum atomic E-state index is 13.4. The van der Waals surface area contributed by atoms with Crippen LogP contribution in [0.1, 0.15) is 30.0 Å². The first kappa shape index (κ1) is 14.6. The number of rotatable bonds is 3. The number of likely N-dealkylation sites (tertiary alicyclic amines) is 1. The van der Waals surface area contributed by atoms with E-state index in [1.165, 1.54) is 12.1 Å². The van der Waals surface area contributed by atoms with Crippen LogP contribution in [0.3, 0.4) is 0 Å². The highest BCUT2D eigenvalue weighted by molar-refractivity contribution is 5.75. The Balaban J connectivity index is 1.66. The zero-order valence-corrected chi connectivity index (χ0v) is 12.3. The molecule has 0 aliphatic carbocycles. The van der Waals surface area contributed by atoms with Gasteiger partial charge < -0.3 is 10.2 Å². The molecule has 2 amide bonds. The van der Waals surface area contributed by atoms with Crippen LogP contribution in [0.2, 0.25) is 0 Å². The lowest BCUT2D eigenvalue weighted by Crippen LogP contribution is -2.39. The van der Waals surface area contributed by atoms with E-state index in [1.807, 2.05) is 36.4 Å². The fourth-order valence-electron chi connectivity index (χ4n) is 2.95. The molecular weight excluding hydrogens is 279 g/mol. The number of nitrogens with zero attached hydrogens (tertiary/aromatic N) is 1. The van der Waals surface area contributed by atoms with Gasteiger partial charge in [0.2, 0.25) is 0 Å². The maximum Gasteiger partial charge on any atom is 0.318 e. The first-order valence-electron chi connectivity index (χ1n) is 7.58. The van der Waals surface area contributed by atoms with Gasteiger partial charge in [-0.05, 0) is 36.1 Å². The molecule has 2 aromatic rings. The normalized spacial score (nSPS) is 17.5. The molecule has 1 N–H and O–H groups in total. The predicted molar refractivity (Wildman–Crippen MR) is 83.8 cm³/mol. The first-order chi connectivity index (χ1) is 10.7. The molecule has 1 aliphatic heterocycles. The Bertz CT molecular complexity index is 645. The highest BCUT2D eigenvalue weighted by atomic mass is 19.1. The van der Waals surface area contributed by atoms with E-state index in [9.17, 15) is 9.18 Å². The summed E-state index contributed by atoms with van der Waals surface area (Å²) in [6.07, 6.45) is 1.82. The summed E-state index contributed by atoms with van der Waals surface area (Å²) in [6, 6.07) is 16.2. The third-order valence-electron chi connectivity index (χ3n) is 4.03. The number of halogens is 1. The predicted octanol–water partition coefficient (Wildman–Crippen LogP) is 3.87. The molecule has 3 rings (SSSR count). The van der Waals surface area contributed by atoms with Crippen molar-refractivity contribution >= 4 is 6.03 Å². The molecule has 1 saturated heterocycles. The zero-order chi connectivity index (χ0) is 15.4. The van der Waals surface area contributed by atoms with Gasteiger partial charge in [0.15, 0.2) is 0 Å². The lowest BCUT2D eigenvalue weighted by atomic mass is 10.0. The first-order valence-corrected chi connectivity index (χ1v) is 7.58. The van der Waals surface area contributed by atoms with Crippen LogP contribution in [0.15, 0.2) is 54.6 Å². The van der Waals surface area contributed by atoms with Gasteiger partial charge >= 0.3 is 6.03 Å². The Morgan fingerprint density at radius 1 is 1.18 bits per heavy atom. The number of urea groups is 1. The van der Waals surface area contributed by atoms with Crippen LogP contribution < -0.4 is 5.32 Å². The smallest absolute Gasteiger partial charge is 0.318 e. The number of hydrogen-bond acceptors (Lipinski definition) is 1. The van der Waals surface area contributed by atoms with Crippen molar-refractivity contribution in [3.05, 3.63) is 71.5 Å². The quantitative estimate of drug-likeness (QED) is 0.916. The van der Waals surface area contributed by atoms with Gasteiger partial charge in [0, 0.05) is 13.1 Å². The Labute approximate surface area is 129 Å². The fraction of sp³-hybridized carbons (Fsp3) is 0.278. The van der Waals surface area contributed by atoms with Crippen molar-refractivity contribution in [2.24, 2.45) is 0 Å². The van der Waals surface area contributed by atoms with Crippen molar-refractivity contribution in [1.82, 2.24) is 10.2 Å². The second kappa shape index (κ2) is 6.60. The average Bonchev–Trinajstić information content (AvgIpc) is 3.03. The van der Waals surface area contributed by atoms with E-state index in [-0.39, 0.29) is 17.9 Å². The number of nitrogens with one attached hydrogen (secondary N) is 1. The number of amides is 2. The average molecular weight is 298 g/mol. The van der Waals surface area contributed by atoms with Crippen molar-refractivity contribution in [1.29, 1.82) is 0 Å². The maximum absolute atomic E-state index is 13.4. The topological polar surface area (TPSA) is 32.3 Å². The minimum Gasteiger partial charge on any atom is -0.334 e. The standard InChI is InChI=1S/C18H19FN2O/c19-16-9-4-8-15(12-16)17-10-5-11-21(17)18(22)20-13-14-6-2-1-3-7-14/h1-4,6-9,12,17H,5,10-11,13H2,(H,20,22)/t17-/m0/s1. The van der Waals surface area contributed by atoms with Crippen molar-refractivity contribution in [3.8, 4) is 0 Å². The van der Waals surface area contributed by atoms with Gasteiger partial charge in [0.05, 0.1) is 6.04 Å².